The molecule has 0 saturated heterocycles. The highest BCUT2D eigenvalue weighted by atomic mass is 16.1. The summed E-state index contributed by atoms with van der Waals surface area (Å²) in [5.74, 6) is 0.0403. The van der Waals surface area contributed by atoms with E-state index in [2.05, 4.69) is 35.4 Å². The summed E-state index contributed by atoms with van der Waals surface area (Å²) in [7, 11) is 0. The Morgan fingerprint density at radius 2 is 2.10 bits per heavy atom. The molecule has 1 aromatic carbocycles. The normalized spacial score (nSPS) is 14.2. The third kappa shape index (κ3) is 3.81. The van der Waals surface area contributed by atoms with Crippen LogP contribution in [0.1, 0.15) is 35.3 Å². The first-order valence-electron chi connectivity index (χ1n) is 7.57. The Bertz CT molecular complexity index is 455. The van der Waals surface area contributed by atoms with E-state index < -0.39 is 0 Å². The maximum absolute atomic E-state index is 12.1. The average molecular weight is 275 g/mol. The van der Waals surface area contributed by atoms with Gasteiger partial charge in [-0.1, -0.05) is 19.9 Å². The summed E-state index contributed by atoms with van der Waals surface area (Å²) >= 11 is 0. The molecule has 0 fully saturated rings. The van der Waals surface area contributed by atoms with Gasteiger partial charge in [-0.15, -0.1) is 0 Å². The Labute approximate surface area is 121 Å². The fraction of sp³-hybridized carbons (Fsp3) is 0.562. The number of hydrogen-bond acceptors (Lipinski definition) is 3. The zero-order valence-electron chi connectivity index (χ0n) is 12.5. The van der Waals surface area contributed by atoms with Gasteiger partial charge in [0.2, 0.25) is 0 Å². The van der Waals surface area contributed by atoms with E-state index in [0.29, 0.717) is 6.54 Å². The number of carbonyl (C=O) groups is 1. The van der Waals surface area contributed by atoms with Gasteiger partial charge in [-0.3, -0.25) is 4.79 Å². The molecule has 20 heavy (non-hydrogen) atoms. The average Bonchev–Trinajstić information content (AvgIpc) is 2.51. The van der Waals surface area contributed by atoms with E-state index >= 15 is 0 Å². The van der Waals surface area contributed by atoms with Crippen LogP contribution >= 0.6 is 0 Å². The number of rotatable bonds is 6. The third-order valence-electron chi connectivity index (χ3n) is 3.96. The molecule has 0 unspecified atom stereocenters. The van der Waals surface area contributed by atoms with Crippen LogP contribution < -0.4 is 10.6 Å². The highest BCUT2D eigenvalue weighted by Gasteiger charge is 2.12. The molecular weight excluding hydrogens is 250 g/mol. The molecule has 0 aromatic heterocycles. The molecule has 1 amide bonds. The van der Waals surface area contributed by atoms with Gasteiger partial charge in [0.05, 0.1) is 0 Å². The summed E-state index contributed by atoms with van der Waals surface area (Å²) in [6.45, 7) is 9.87. The van der Waals surface area contributed by atoms with Gasteiger partial charge in [-0.05, 0) is 49.3 Å². The maximum Gasteiger partial charge on any atom is 0.251 e. The number of carbonyl (C=O) groups excluding carboxylic acids is 1. The fourth-order valence-electron chi connectivity index (χ4n) is 2.59. The molecule has 1 aliphatic rings. The molecule has 2 rings (SSSR count). The van der Waals surface area contributed by atoms with Crippen molar-refractivity contribution in [2.45, 2.75) is 26.8 Å². The van der Waals surface area contributed by atoms with Gasteiger partial charge in [0.15, 0.2) is 0 Å². The lowest BCUT2D eigenvalue weighted by molar-refractivity contribution is 0.0949. The molecular formula is C16H25N3O. The van der Waals surface area contributed by atoms with Crippen LogP contribution in [0.25, 0.3) is 0 Å². The molecule has 1 aliphatic heterocycles. The highest BCUT2D eigenvalue weighted by molar-refractivity contribution is 5.94. The van der Waals surface area contributed by atoms with Crippen LogP contribution in [0, 0.1) is 0 Å². The minimum Gasteiger partial charge on any atom is -0.351 e. The van der Waals surface area contributed by atoms with Gasteiger partial charge in [0.1, 0.15) is 0 Å². The minimum atomic E-state index is 0.0403. The number of nitrogens with zero attached hydrogens (tertiary/aromatic N) is 1. The Morgan fingerprint density at radius 1 is 1.30 bits per heavy atom. The molecule has 4 heteroatoms. The molecule has 0 saturated carbocycles. The maximum atomic E-state index is 12.1. The number of hydrogen-bond donors (Lipinski definition) is 2. The topological polar surface area (TPSA) is 44.4 Å². The number of nitrogens with one attached hydrogen (secondary N) is 2. The molecule has 0 radical (unpaired) electrons. The lowest BCUT2D eigenvalue weighted by Gasteiger charge is -2.19. The molecule has 4 nitrogen and oxygen atoms in total. The number of benzene rings is 1. The van der Waals surface area contributed by atoms with Crippen molar-refractivity contribution in [3.05, 3.63) is 34.9 Å². The zero-order valence-corrected chi connectivity index (χ0v) is 12.5. The molecule has 110 valence electrons. The monoisotopic (exact) mass is 275 g/mol. The van der Waals surface area contributed by atoms with Crippen molar-refractivity contribution < 1.29 is 4.79 Å². The second-order valence-electron chi connectivity index (χ2n) is 5.19. The Balaban J connectivity index is 1.89. The predicted octanol–water partition coefficient (Wildman–Crippen LogP) is 1.40. The molecule has 0 atom stereocenters. The van der Waals surface area contributed by atoms with Gasteiger partial charge in [-0.2, -0.15) is 0 Å². The zero-order chi connectivity index (χ0) is 14.4. The van der Waals surface area contributed by atoms with Crippen molar-refractivity contribution in [1.29, 1.82) is 0 Å². The summed E-state index contributed by atoms with van der Waals surface area (Å²) < 4.78 is 0. The first-order valence-corrected chi connectivity index (χ1v) is 7.57. The smallest absolute Gasteiger partial charge is 0.251 e. The summed E-state index contributed by atoms with van der Waals surface area (Å²) in [4.78, 5) is 14.4. The molecule has 0 bridgehead atoms. The molecule has 1 aromatic rings. The first kappa shape index (κ1) is 15.0. The van der Waals surface area contributed by atoms with Crippen LogP contribution in [0.3, 0.4) is 0 Å². The van der Waals surface area contributed by atoms with E-state index in [4.69, 9.17) is 0 Å². The van der Waals surface area contributed by atoms with Gasteiger partial charge in [0.25, 0.3) is 5.91 Å². The van der Waals surface area contributed by atoms with Crippen LogP contribution in [0.5, 0.6) is 0 Å². The Morgan fingerprint density at radius 3 is 2.85 bits per heavy atom. The number of amides is 1. The van der Waals surface area contributed by atoms with Crippen molar-refractivity contribution in [2.24, 2.45) is 0 Å². The lowest BCUT2D eigenvalue weighted by Crippen LogP contribution is -2.35. The standard InChI is InChI=1S/C16H25N3O/c1-3-19(4-2)10-9-18-16(20)14-5-6-15-12-17-8-7-13(15)11-14/h5-6,11,17H,3-4,7-10,12H2,1-2H3,(H,18,20). The summed E-state index contributed by atoms with van der Waals surface area (Å²) in [6, 6.07) is 6.04. The van der Waals surface area contributed by atoms with E-state index in [0.717, 1.165) is 44.7 Å². The highest BCUT2D eigenvalue weighted by Crippen LogP contribution is 2.15. The van der Waals surface area contributed by atoms with Crippen molar-refractivity contribution in [1.82, 2.24) is 15.5 Å². The van der Waals surface area contributed by atoms with Crippen molar-refractivity contribution >= 4 is 5.91 Å². The van der Waals surface area contributed by atoms with E-state index in [9.17, 15) is 4.79 Å². The third-order valence-corrected chi connectivity index (χ3v) is 3.96. The van der Waals surface area contributed by atoms with Crippen LogP contribution in [0.2, 0.25) is 0 Å². The molecule has 0 spiro atoms. The van der Waals surface area contributed by atoms with Crippen LogP contribution in [-0.4, -0.2) is 43.5 Å². The summed E-state index contributed by atoms with van der Waals surface area (Å²) in [6.07, 6.45) is 1.01. The minimum absolute atomic E-state index is 0.0403. The van der Waals surface area contributed by atoms with E-state index in [1.165, 1.54) is 11.1 Å². The quantitative estimate of drug-likeness (QED) is 0.825. The van der Waals surface area contributed by atoms with Gasteiger partial charge >= 0.3 is 0 Å². The fourth-order valence-corrected chi connectivity index (χ4v) is 2.59. The first-order chi connectivity index (χ1) is 9.74. The van der Waals surface area contributed by atoms with Gasteiger partial charge < -0.3 is 15.5 Å². The number of fused-ring (bicyclic) bond motifs is 1. The van der Waals surface area contributed by atoms with Crippen molar-refractivity contribution in [3.63, 3.8) is 0 Å². The van der Waals surface area contributed by atoms with Gasteiger partial charge in [0, 0.05) is 25.2 Å². The van der Waals surface area contributed by atoms with Crippen molar-refractivity contribution in [2.75, 3.05) is 32.7 Å². The van der Waals surface area contributed by atoms with Crippen molar-refractivity contribution in [3.8, 4) is 0 Å². The summed E-state index contributed by atoms with van der Waals surface area (Å²) in [5, 5.41) is 6.35. The van der Waals surface area contributed by atoms with E-state index in [1.54, 1.807) is 0 Å². The Hall–Kier alpha value is -1.39. The van der Waals surface area contributed by atoms with Crippen LogP contribution in [-0.2, 0) is 13.0 Å². The lowest BCUT2D eigenvalue weighted by atomic mass is 9.98. The predicted molar refractivity (Wildman–Crippen MR) is 82.0 cm³/mol. The Kier molecular flexibility index (Phi) is 5.56. The SMILES string of the molecule is CCN(CC)CCNC(=O)c1ccc2c(c1)CCNC2. The van der Waals surface area contributed by atoms with Crippen LogP contribution in [0.4, 0.5) is 0 Å². The molecule has 1 heterocycles. The van der Waals surface area contributed by atoms with Gasteiger partial charge in [-0.25, -0.2) is 0 Å². The van der Waals surface area contributed by atoms with E-state index in [1.807, 2.05) is 12.1 Å². The second kappa shape index (κ2) is 7.41. The van der Waals surface area contributed by atoms with Crippen LogP contribution in [0.15, 0.2) is 18.2 Å². The molecule has 2 N–H and O–H groups in total. The summed E-state index contributed by atoms with van der Waals surface area (Å²) in [5.41, 5.74) is 3.40. The van der Waals surface area contributed by atoms with E-state index in [-0.39, 0.29) is 5.91 Å². The molecule has 0 aliphatic carbocycles. The largest absolute Gasteiger partial charge is 0.351 e. The second-order valence-corrected chi connectivity index (χ2v) is 5.19. The number of likely N-dealkylation sites (N-methyl/N-ethyl adjacent to an activating group) is 1.